The smallest absolute Gasteiger partial charge is 0.312 e. The monoisotopic (exact) mass is 754 g/mol. The van der Waals surface area contributed by atoms with Crippen LogP contribution in [0, 0.1) is 30.6 Å². The van der Waals surface area contributed by atoms with Gasteiger partial charge in [-0.2, -0.15) is 0 Å². The van der Waals surface area contributed by atoms with Crippen molar-refractivity contribution in [3.8, 4) is 23.0 Å². The van der Waals surface area contributed by atoms with Gasteiger partial charge in [0.2, 0.25) is 0 Å². The van der Waals surface area contributed by atoms with Crippen LogP contribution in [0.5, 0.6) is 23.0 Å². The largest absolute Gasteiger partial charge is 0.507 e. The average Bonchev–Trinajstić information content (AvgIpc) is 3.38. The molecule has 9 atom stereocenters. The Morgan fingerprint density at radius 3 is 2.19 bits per heavy atom. The van der Waals surface area contributed by atoms with Crippen molar-refractivity contribution in [3.05, 3.63) is 52.8 Å². The quantitative estimate of drug-likeness (QED) is 0.141. The van der Waals surface area contributed by atoms with Gasteiger partial charge in [-0.15, -0.1) is 0 Å². The highest BCUT2D eigenvalue weighted by atomic mass is 16.7. The maximum Gasteiger partial charge on any atom is 0.312 e. The summed E-state index contributed by atoms with van der Waals surface area (Å²) in [7, 11) is 4.86. The molecule has 0 unspecified atom stereocenters. The normalized spacial score (nSPS) is 31.8. The number of nitrogens with zero attached hydrogens (tertiary/aromatic N) is 1. The number of esters is 1. The number of hydrogen-bond acceptors (Lipinski definition) is 13. The Morgan fingerprint density at radius 1 is 0.944 bits per heavy atom. The van der Waals surface area contributed by atoms with E-state index in [9.17, 15) is 39.9 Å². The number of hydrogen-bond donors (Lipinski definition) is 6. The molecular formula is C40H54N2O12. The molecule has 0 saturated carbocycles. The van der Waals surface area contributed by atoms with Crippen LogP contribution < -0.4 is 10.1 Å². The van der Waals surface area contributed by atoms with Crippen LogP contribution in [-0.2, 0) is 30.3 Å². The van der Waals surface area contributed by atoms with E-state index in [4.69, 9.17) is 18.9 Å². The van der Waals surface area contributed by atoms with Crippen LogP contribution in [0.3, 0.4) is 0 Å². The number of ketones is 1. The van der Waals surface area contributed by atoms with E-state index in [1.165, 1.54) is 53.2 Å². The lowest BCUT2D eigenvalue weighted by Gasteiger charge is -2.38. The van der Waals surface area contributed by atoms with E-state index in [-0.39, 0.29) is 51.0 Å². The number of carbonyl (C=O) groups excluding carboxylic acids is 3. The first-order valence-corrected chi connectivity index (χ1v) is 17.9. The molecule has 14 heteroatoms. The maximum absolute atomic E-state index is 14.2. The lowest BCUT2D eigenvalue weighted by Crippen LogP contribution is -2.46. The lowest BCUT2D eigenvalue weighted by atomic mass is 9.78. The van der Waals surface area contributed by atoms with Gasteiger partial charge in [0.15, 0.2) is 5.75 Å². The van der Waals surface area contributed by atoms with E-state index in [1.54, 1.807) is 58.8 Å². The molecular weight excluding hydrogens is 700 g/mol. The molecule has 3 aliphatic heterocycles. The van der Waals surface area contributed by atoms with E-state index >= 15 is 0 Å². The van der Waals surface area contributed by atoms with Crippen molar-refractivity contribution in [3.63, 3.8) is 0 Å². The third-order valence-electron chi connectivity index (χ3n) is 10.6. The molecule has 0 aliphatic carbocycles. The minimum atomic E-state index is -2.01. The topological polar surface area (TPSA) is 205 Å². The molecule has 6 N–H and O–H groups in total. The molecule has 0 fully saturated rings. The fraction of sp³-hybridized carbons (Fsp3) is 0.525. The van der Waals surface area contributed by atoms with Crippen LogP contribution in [-0.4, -0.2) is 99.5 Å². The number of anilines is 1. The Kier molecular flexibility index (Phi) is 12.8. The number of aliphatic hydroxyl groups excluding tert-OH is 2. The van der Waals surface area contributed by atoms with Gasteiger partial charge in [0, 0.05) is 73.3 Å². The number of rotatable bonds is 4. The minimum Gasteiger partial charge on any atom is -0.507 e. The van der Waals surface area contributed by atoms with Gasteiger partial charge in [-0.05, 0) is 34.0 Å². The first-order valence-electron chi connectivity index (χ1n) is 17.9. The van der Waals surface area contributed by atoms with E-state index in [0.29, 0.717) is 0 Å². The number of phenolic OH excluding ortho intramolecular Hbond substituents is 3. The molecule has 1 amide bonds. The van der Waals surface area contributed by atoms with Crippen LogP contribution >= 0.6 is 0 Å². The number of methoxy groups -OCH3 is 1. The highest BCUT2D eigenvalue weighted by Crippen LogP contribution is 2.55. The maximum atomic E-state index is 14.2. The molecule has 5 rings (SSSR count). The van der Waals surface area contributed by atoms with E-state index < -0.39 is 88.8 Å². The molecule has 5 bridgehead atoms. The summed E-state index contributed by atoms with van der Waals surface area (Å²) in [5.41, 5.74) is 0.0370. The predicted molar refractivity (Wildman–Crippen MR) is 201 cm³/mol. The van der Waals surface area contributed by atoms with Gasteiger partial charge in [0.1, 0.15) is 23.4 Å². The van der Waals surface area contributed by atoms with Crippen LogP contribution in [0.25, 0.3) is 10.8 Å². The third kappa shape index (κ3) is 7.92. The molecule has 3 heterocycles. The van der Waals surface area contributed by atoms with E-state index in [0.717, 1.165) is 0 Å². The Hall–Kier alpha value is -4.63. The van der Waals surface area contributed by atoms with Gasteiger partial charge >= 0.3 is 11.8 Å². The molecule has 14 nitrogen and oxygen atoms in total. The van der Waals surface area contributed by atoms with Crippen LogP contribution in [0.2, 0.25) is 0 Å². The molecule has 2 aromatic rings. The second-order valence-corrected chi connectivity index (χ2v) is 14.9. The number of ether oxygens (including phenoxy) is 4. The highest BCUT2D eigenvalue weighted by molar-refractivity contribution is 6.22. The summed E-state index contributed by atoms with van der Waals surface area (Å²) >= 11 is 0. The van der Waals surface area contributed by atoms with Crippen molar-refractivity contribution in [2.75, 3.05) is 26.5 Å². The Balaban J connectivity index is 1.96. The van der Waals surface area contributed by atoms with Crippen LogP contribution in [0.4, 0.5) is 5.69 Å². The minimum absolute atomic E-state index is 0.00552. The number of amides is 1. The second-order valence-electron chi connectivity index (χ2n) is 14.9. The van der Waals surface area contributed by atoms with Crippen molar-refractivity contribution in [1.82, 2.24) is 4.90 Å². The number of benzene rings is 2. The fourth-order valence-corrected chi connectivity index (χ4v) is 7.26. The summed E-state index contributed by atoms with van der Waals surface area (Å²) in [5, 5.41) is 59.9. The predicted octanol–water partition coefficient (Wildman–Crippen LogP) is 4.82. The molecule has 0 radical (unpaired) electrons. The van der Waals surface area contributed by atoms with Crippen LogP contribution in [0.15, 0.2) is 36.1 Å². The molecule has 3 aliphatic rings. The van der Waals surface area contributed by atoms with E-state index in [1.807, 2.05) is 0 Å². The van der Waals surface area contributed by atoms with Gasteiger partial charge in [-0.25, -0.2) is 0 Å². The summed E-state index contributed by atoms with van der Waals surface area (Å²) in [6, 6.07) is 0. The second kappa shape index (κ2) is 16.4. The van der Waals surface area contributed by atoms with Crippen molar-refractivity contribution in [2.24, 2.45) is 23.7 Å². The zero-order chi connectivity index (χ0) is 40.6. The molecule has 2 aromatic carbocycles. The number of carbonyl (C=O) groups is 3. The van der Waals surface area contributed by atoms with E-state index in [2.05, 4.69) is 5.32 Å². The first kappa shape index (κ1) is 42.1. The molecule has 296 valence electrons. The fourth-order valence-electron chi connectivity index (χ4n) is 7.26. The summed E-state index contributed by atoms with van der Waals surface area (Å²) in [6.45, 7) is 12.6. The van der Waals surface area contributed by atoms with Crippen molar-refractivity contribution in [1.29, 1.82) is 0 Å². The Labute approximate surface area is 315 Å². The van der Waals surface area contributed by atoms with Gasteiger partial charge < -0.3 is 54.7 Å². The summed E-state index contributed by atoms with van der Waals surface area (Å²) < 4.78 is 23.5. The number of fused-ring (bicyclic) bond motifs is 14. The Morgan fingerprint density at radius 2 is 1.59 bits per heavy atom. The van der Waals surface area contributed by atoms with Gasteiger partial charge in [0.25, 0.3) is 11.7 Å². The summed E-state index contributed by atoms with van der Waals surface area (Å²) in [5.74, 6) is -7.98. The third-order valence-corrected chi connectivity index (χ3v) is 10.6. The number of aliphatic hydroxyl groups is 2. The number of nitrogens with one attached hydrogen (secondary N) is 1. The van der Waals surface area contributed by atoms with Gasteiger partial charge in [-0.3, -0.25) is 14.4 Å². The number of phenols is 3. The number of Topliss-reactive ketones (excluding diaryl/α,β-unsaturated/α-hetero) is 1. The zero-order valence-corrected chi connectivity index (χ0v) is 32.8. The molecule has 54 heavy (non-hydrogen) atoms. The number of aromatic hydroxyl groups is 3. The summed E-state index contributed by atoms with van der Waals surface area (Å²) in [4.78, 5) is 41.7. The average molecular weight is 755 g/mol. The lowest BCUT2D eigenvalue weighted by molar-refractivity contribution is -0.160. The molecule has 0 aromatic heterocycles. The first-order chi connectivity index (χ1) is 25.2. The number of allylic oxidation sites excluding steroid dienone is 2. The molecule has 0 spiro atoms. The van der Waals surface area contributed by atoms with Crippen LogP contribution in [0.1, 0.15) is 70.0 Å². The zero-order valence-electron chi connectivity index (χ0n) is 32.8. The molecule has 0 saturated heterocycles. The SMILES string of the molecule is CO[C@@H]1/C=C\O[C@]2(C)Oc3c(C)c(O)c4c(O)c(c(CN(C)C)c(O)c4c3C2=O)NC(=O)/C(C)=C\C=C/[C@@H](C)[C@@H](O)[C@H](C)[C@@H](O)[C@H](C)[C@H](OC(C)=O)[C@@H]1C. The van der Waals surface area contributed by atoms with Crippen molar-refractivity contribution < 1.29 is 58.9 Å². The van der Waals surface area contributed by atoms with Crippen molar-refractivity contribution in [2.45, 2.75) is 92.1 Å². The summed E-state index contributed by atoms with van der Waals surface area (Å²) in [6.07, 6.45) is 3.65. The van der Waals surface area contributed by atoms with Gasteiger partial charge in [-0.1, -0.05) is 45.9 Å². The standard InChI is InChI=1S/C40H54N2O12/c1-18-13-12-14-19(2)39(50)41-30-25(17-42(9)10)34(47)27-28(35(30)48)33(46)23(6)37-29(27)38(49)40(8,54-37)52-16-15-26(51-11)20(3)36(53-24(7)43)22(5)32(45)21(4)31(18)44/h12-16,18,20-22,26,31-32,36,44-48H,17H2,1-11H3,(H,41,50)/b13-12-,16-15-,19-14-/t18-,20-,21+,22+,26-,31-,32-,36-,40-/m1/s1. The highest BCUT2D eigenvalue weighted by Gasteiger charge is 2.50. The Bertz CT molecular complexity index is 1880. The van der Waals surface area contributed by atoms with Gasteiger partial charge in [0.05, 0.1) is 41.2 Å². The van der Waals surface area contributed by atoms with Crippen molar-refractivity contribution >= 4 is 34.1 Å².